The lowest BCUT2D eigenvalue weighted by Gasteiger charge is -2.29. The number of nitrogens with zero attached hydrogens (tertiary/aromatic N) is 2. The topological polar surface area (TPSA) is 114 Å². The SMILES string of the molecule is Nc1nc2c(s1)CC(NC(=O)C1CCCN1C(=O)C(N)Cc1ccc(Cl)c(Cl)c1)CC2. The summed E-state index contributed by atoms with van der Waals surface area (Å²) in [7, 11) is 0. The van der Waals surface area contributed by atoms with Crippen molar-refractivity contribution < 1.29 is 9.59 Å². The molecule has 10 heteroatoms. The van der Waals surface area contributed by atoms with Gasteiger partial charge in [-0.2, -0.15) is 0 Å². The zero-order valence-corrected chi connectivity index (χ0v) is 19.3. The summed E-state index contributed by atoms with van der Waals surface area (Å²) in [5.74, 6) is -0.330. The molecule has 1 aromatic carbocycles. The Morgan fingerprint density at radius 2 is 2.10 bits per heavy atom. The summed E-state index contributed by atoms with van der Waals surface area (Å²) < 4.78 is 0. The molecule has 1 aliphatic carbocycles. The first-order valence-corrected chi connectivity index (χ1v) is 11.9. The number of nitrogen functional groups attached to an aromatic ring is 1. The van der Waals surface area contributed by atoms with Crippen LogP contribution in [0, 0.1) is 0 Å². The van der Waals surface area contributed by atoms with Crippen molar-refractivity contribution in [2.75, 3.05) is 12.3 Å². The molecule has 2 aliphatic rings. The van der Waals surface area contributed by atoms with Gasteiger partial charge in [0.1, 0.15) is 6.04 Å². The molecule has 3 atom stereocenters. The fourth-order valence-electron chi connectivity index (χ4n) is 4.34. The Morgan fingerprint density at radius 3 is 2.87 bits per heavy atom. The van der Waals surface area contributed by atoms with Crippen LogP contribution in [0.4, 0.5) is 5.13 Å². The lowest BCUT2D eigenvalue weighted by molar-refractivity contribution is -0.139. The van der Waals surface area contributed by atoms with Crippen molar-refractivity contribution in [3.05, 3.63) is 44.4 Å². The van der Waals surface area contributed by atoms with Crippen molar-refractivity contribution in [2.45, 2.75) is 56.7 Å². The van der Waals surface area contributed by atoms with E-state index in [0.29, 0.717) is 34.6 Å². The van der Waals surface area contributed by atoms with E-state index in [4.69, 9.17) is 34.7 Å². The first-order chi connectivity index (χ1) is 14.8. The fourth-order valence-corrected chi connectivity index (χ4v) is 5.62. The highest BCUT2D eigenvalue weighted by Crippen LogP contribution is 2.29. The van der Waals surface area contributed by atoms with Crippen molar-refractivity contribution in [1.29, 1.82) is 0 Å². The molecule has 31 heavy (non-hydrogen) atoms. The summed E-state index contributed by atoms with van der Waals surface area (Å²) >= 11 is 13.5. The van der Waals surface area contributed by atoms with Crippen molar-refractivity contribution in [3.63, 3.8) is 0 Å². The Hall–Kier alpha value is -1.87. The van der Waals surface area contributed by atoms with Gasteiger partial charge in [-0.15, -0.1) is 11.3 Å². The van der Waals surface area contributed by atoms with Crippen LogP contribution in [0.15, 0.2) is 18.2 Å². The standard InChI is InChI=1S/C21H25Cl2N5O2S/c22-13-5-3-11(8-14(13)23)9-15(24)20(30)28-7-1-2-17(28)19(29)26-12-4-6-16-18(10-12)31-21(25)27-16/h3,5,8,12,15,17H,1-2,4,6-7,9-10,24H2,(H2,25,27)(H,26,29). The molecular weight excluding hydrogens is 457 g/mol. The van der Waals surface area contributed by atoms with Crippen LogP contribution in [0.3, 0.4) is 0 Å². The third-order valence-electron chi connectivity index (χ3n) is 5.90. The van der Waals surface area contributed by atoms with Gasteiger partial charge in [0, 0.05) is 23.9 Å². The van der Waals surface area contributed by atoms with Crippen LogP contribution >= 0.6 is 34.5 Å². The smallest absolute Gasteiger partial charge is 0.243 e. The average Bonchev–Trinajstić information content (AvgIpc) is 3.35. The quantitative estimate of drug-likeness (QED) is 0.606. The minimum absolute atomic E-state index is 0.0299. The molecule has 2 aromatic rings. The summed E-state index contributed by atoms with van der Waals surface area (Å²) in [6, 6.07) is 4.01. The summed E-state index contributed by atoms with van der Waals surface area (Å²) in [5, 5.41) is 4.58. The van der Waals surface area contributed by atoms with Crippen molar-refractivity contribution >= 4 is 51.5 Å². The van der Waals surface area contributed by atoms with Crippen LogP contribution in [0.25, 0.3) is 0 Å². The Morgan fingerprint density at radius 1 is 1.29 bits per heavy atom. The Bertz CT molecular complexity index is 998. The molecule has 5 N–H and O–H groups in total. The zero-order valence-electron chi connectivity index (χ0n) is 16.9. The number of nitrogens with two attached hydrogens (primary N) is 2. The number of hydrogen-bond donors (Lipinski definition) is 3. The fraction of sp³-hybridized carbons (Fsp3) is 0.476. The maximum atomic E-state index is 13.0. The number of amides is 2. The van der Waals surface area contributed by atoms with E-state index in [9.17, 15) is 9.59 Å². The van der Waals surface area contributed by atoms with Gasteiger partial charge in [0.15, 0.2) is 5.13 Å². The average molecular weight is 482 g/mol. The van der Waals surface area contributed by atoms with Gasteiger partial charge in [-0.25, -0.2) is 4.98 Å². The predicted octanol–water partition coefficient (Wildman–Crippen LogP) is 2.57. The summed E-state index contributed by atoms with van der Waals surface area (Å²) in [4.78, 5) is 33.1. The molecule has 1 fully saturated rings. The molecule has 0 radical (unpaired) electrons. The second-order valence-electron chi connectivity index (χ2n) is 8.12. The molecule has 1 aliphatic heterocycles. The molecule has 7 nitrogen and oxygen atoms in total. The molecule has 4 rings (SSSR count). The number of carbonyl (C=O) groups is 2. The van der Waals surface area contributed by atoms with E-state index < -0.39 is 12.1 Å². The van der Waals surface area contributed by atoms with Gasteiger partial charge in [0.2, 0.25) is 11.8 Å². The highest BCUT2D eigenvalue weighted by Gasteiger charge is 2.37. The Kier molecular flexibility index (Phi) is 6.71. The van der Waals surface area contributed by atoms with Gasteiger partial charge in [0.05, 0.1) is 21.8 Å². The number of likely N-dealkylation sites (tertiary alicyclic amines) is 1. The Labute approximate surface area is 195 Å². The van der Waals surface area contributed by atoms with Crippen LogP contribution in [0.5, 0.6) is 0 Å². The number of fused-ring (bicyclic) bond motifs is 1. The van der Waals surface area contributed by atoms with Gasteiger partial charge >= 0.3 is 0 Å². The van der Waals surface area contributed by atoms with Crippen LogP contribution in [0.1, 0.15) is 35.4 Å². The second kappa shape index (κ2) is 9.32. The van der Waals surface area contributed by atoms with E-state index in [1.807, 2.05) is 0 Å². The monoisotopic (exact) mass is 481 g/mol. The number of halogens is 2. The summed E-state index contributed by atoms with van der Waals surface area (Å²) in [6.45, 7) is 0.534. The van der Waals surface area contributed by atoms with Crippen molar-refractivity contribution in [3.8, 4) is 0 Å². The molecule has 0 saturated carbocycles. The number of carbonyl (C=O) groups excluding carboxylic acids is 2. The van der Waals surface area contributed by atoms with E-state index in [1.54, 1.807) is 23.1 Å². The molecule has 166 valence electrons. The number of rotatable bonds is 5. The minimum Gasteiger partial charge on any atom is -0.375 e. The van der Waals surface area contributed by atoms with E-state index in [1.165, 1.54) is 11.3 Å². The number of aromatic nitrogens is 1. The lowest BCUT2D eigenvalue weighted by atomic mass is 9.97. The van der Waals surface area contributed by atoms with Crippen LogP contribution < -0.4 is 16.8 Å². The van der Waals surface area contributed by atoms with Gasteiger partial charge in [-0.1, -0.05) is 29.3 Å². The molecule has 0 spiro atoms. The normalized spacial score (nSPS) is 21.6. The van der Waals surface area contributed by atoms with Gasteiger partial charge in [-0.3, -0.25) is 9.59 Å². The summed E-state index contributed by atoms with van der Waals surface area (Å²) in [6.07, 6.45) is 4.10. The van der Waals surface area contributed by atoms with E-state index >= 15 is 0 Å². The number of aryl methyl sites for hydroxylation is 1. The van der Waals surface area contributed by atoms with Crippen LogP contribution in [-0.4, -0.2) is 46.4 Å². The first kappa shape index (κ1) is 22.3. The zero-order chi connectivity index (χ0) is 22.1. The van der Waals surface area contributed by atoms with E-state index in [0.717, 1.165) is 41.8 Å². The van der Waals surface area contributed by atoms with Crippen LogP contribution in [0.2, 0.25) is 10.0 Å². The van der Waals surface area contributed by atoms with Crippen LogP contribution in [-0.2, 0) is 28.9 Å². The number of anilines is 1. The molecule has 2 amide bonds. The van der Waals surface area contributed by atoms with E-state index in [2.05, 4.69) is 10.3 Å². The highest BCUT2D eigenvalue weighted by atomic mass is 35.5. The van der Waals surface area contributed by atoms with Gasteiger partial charge < -0.3 is 21.7 Å². The maximum absolute atomic E-state index is 13.0. The van der Waals surface area contributed by atoms with Gasteiger partial charge in [0.25, 0.3) is 0 Å². The number of nitrogens with one attached hydrogen (secondary N) is 1. The molecule has 3 unspecified atom stereocenters. The molecule has 1 aromatic heterocycles. The van der Waals surface area contributed by atoms with Crippen molar-refractivity contribution in [1.82, 2.24) is 15.2 Å². The molecule has 1 saturated heterocycles. The molecule has 2 heterocycles. The molecule has 0 bridgehead atoms. The predicted molar refractivity (Wildman–Crippen MR) is 123 cm³/mol. The van der Waals surface area contributed by atoms with Gasteiger partial charge in [-0.05, 0) is 49.8 Å². The number of thiazole rings is 1. The third kappa shape index (κ3) is 4.98. The van der Waals surface area contributed by atoms with E-state index in [-0.39, 0.29) is 17.9 Å². The summed E-state index contributed by atoms with van der Waals surface area (Å²) in [5.41, 5.74) is 13.9. The number of hydrogen-bond acceptors (Lipinski definition) is 6. The first-order valence-electron chi connectivity index (χ1n) is 10.4. The largest absolute Gasteiger partial charge is 0.375 e. The number of benzene rings is 1. The third-order valence-corrected chi connectivity index (χ3v) is 7.59. The van der Waals surface area contributed by atoms with Crippen molar-refractivity contribution in [2.24, 2.45) is 5.73 Å². The Balaban J connectivity index is 1.36. The lowest BCUT2D eigenvalue weighted by Crippen LogP contribution is -2.53. The maximum Gasteiger partial charge on any atom is 0.243 e. The highest BCUT2D eigenvalue weighted by molar-refractivity contribution is 7.15. The second-order valence-corrected chi connectivity index (χ2v) is 10.0. The molecular formula is C21H25Cl2N5O2S. The minimum atomic E-state index is -0.747.